The molecule has 138 valence electrons. The van der Waals surface area contributed by atoms with Crippen molar-refractivity contribution in [2.75, 3.05) is 32.5 Å². The molecule has 0 bridgehead atoms. The number of nitrogens with one attached hydrogen (secondary N) is 2. The van der Waals surface area contributed by atoms with E-state index in [1.165, 1.54) is 0 Å². The van der Waals surface area contributed by atoms with Crippen molar-refractivity contribution in [3.8, 4) is 0 Å². The predicted octanol–water partition coefficient (Wildman–Crippen LogP) is 2.17. The average Bonchev–Trinajstić information content (AvgIpc) is 2.68. The van der Waals surface area contributed by atoms with Crippen molar-refractivity contribution in [2.45, 2.75) is 0 Å². The van der Waals surface area contributed by atoms with Crippen molar-refractivity contribution in [1.82, 2.24) is 20.2 Å². The highest BCUT2D eigenvalue weighted by Crippen LogP contribution is 2.21. The number of nitrogens with zero attached hydrogens (tertiary/aromatic N) is 3. The third kappa shape index (κ3) is 4.65. The van der Waals surface area contributed by atoms with Gasteiger partial charge in [0.2, 0.25) is 0 Å². The Balaban J connectivity index is 1.74. The van der Waals surface area contributed by atoms with E-state index >= 15 is 0 Å². The summed E-state index contributed by atoms with van der Waals surface area (Å²) in [6.45, 7) is 1.23. The van der Waals surface area contributed by atoms with Crippen LogP contribution in [0.3, 0.4) is 0 Å². The summed E-state index contributed by atoms with van der Waals surface area (Å²) in [5.41, 5.74) is 1.67. The number of aromatic nitrogens is 2. The zero-order valence-corrected chi connectivity index (χ0v) is 15.3. The molecule has 0 aliphatic rings. The van der Waals surface area contributed by atoms with E-state index < -0.39 is 5.91 Å². The Bertz CT molecular complexity index is 966. The fraction of sp³-hybridized carbons (Fsp3) is 0.200. The van der Waals surface area contributed by atoms with Gasteiger partial charge in [-0.2, -0.15) is 0 Å². The van der Waals surface area contributed by atoms with Gasteiger partial charge in [0.25, 0.3) is 11.8 Å². The van der Waals surface area contributed by atoms with Gasteiger partial charge in [-0.15, -0.1) is 0 Å². The van der Waals surface area contributed by atoms with Gasteiger partial charge < -0.3 is 15.5 Å². The Hall–Kier alpha value is -3.32. The zero-order chi connectivity index (χ0) is 19.2. The number of carbonyl (C=O) groups is 2. The summed E-state index contributed by atoms with van der Waals surface area (Å²) in [7, 11) is 3.86. The molecule has 2 aromatic heterocycles. The lowest BCUT2D eigenvalue weighted by atomic mass is 10.2. The average molecular weight is 363 g/mol. The highest BCUT2D eigenvalue weighted by atomic mass is 16.2. The second-order valence-corrected chi connectivity index (χ2v) is 6.30. The van der Waals surface area contributed by atoms with Crippen LogP contribution in [0.5, 0.6) is 0 Å². The Kier molecular flexibility index (Phi) is 5.73. The number of likely N-dealkylation sites (N-methyl/N-ethyl adjacent to an activating group) is 1. The first-order valence-electron chi connectivity index (χ1n) is 8.59. The van der Waals surface area contributed by atoms with Crippen molar-refractivity contribution in [3.05, 3.63) is 66.1 Å². The Morgan fingerprint density at radius 2 is 1.67 bits per heavy atom. The van der Waals surface area contributed by atoms with Gasteiger partial charge in [0.05, 0.1) is 11.2 Å². The van der Waals surface area contributed by atoms with Gasteiger partial charge in [0.15, 0.2) is 0 Å². The van der Waals surface area contributed by atoms with Gasteiger partial charge in [-0.1, -0.05) is 24.3 Å². The first-order valence-corrected chi connectivity index (χ1v) is 8.59. The van der Waals surface area contributed by atoms with E-state index in [-0.39, 0.29) is 17.3 Å². The van der Waals surface area contributed by atoms with Crippen LogP contribution in [0.1, 0.15) is 21.0 Å². The first-order chi connectivity index (χ1) is 13.0. The Morgan fingerprint density at radius 1 is 0.963 bits per heavy atom. The highest BCUT2D eigenvalue weighted by molar-refractivity contribution is 6.07. The van der Waals surface area contributed by atoms with Crippen molar-refractivity contribution in [2.24, 2.45) is 0 Å². The van der Waals surface area contributed by atoms with Crippen LogP contribution >= 0.6 is 0 Å². The molecule has 0 fully saturated rings. The fourth-order valence-corrected chi connectivity index (χ4v) is 2.56. The van der Waals surface area contributed by atoms with E-state index in [1.54, 1.807) is 30.5 Å². The maximum Gasteiger partial charge on any atom is 0.274 e. The quantitative estimate of drug-likeness (QED) is 0.701. The normalized spacial score (nSPS) is 10.8. The number of hydrogen-bond acceptors (Lipinski definition) is 5. The van der Waals surface area contributed by atoms with Crippen LogP contribution < -0.4 is 10.6 Å². The molecule has 2 amide bonds. The molecule has 3 aromatic rings. The molecule has 2 heterocycles. The molecule has 0 aliphatic carbocycles. The standard InChI is InChI=1S/C20H21N5O2/c1-25(2)13-12-22-19(26)16-9-4-10-17(23-16)20(27)24-15-8-3-6-14-7-5-11-21-18(14)15/h3-11H,12-13H2,1-2H3,(H,22,26)(H,24,27). The third-order valence-electron chi connectivity index (χ3n) is 3.94. The number of benzene rings is 1. The van der Waals surface area contributed by atoms with Gasteiger partial charge in [0, 0.05) is 24.7 Å². The van der Waals surface area contributed by atoms with Crippen molar-refractivity contribution in [3.63, 3.8) is 0 Å². The molecular weight excluding hydrogens is 342 g/mol. The van der Waals surface area contributed by atoms with Crippen molar-refractivity contribution in [1.29, 1.82) is 0 Å². The molecule has 3 rings (SSSR count). The Morgan fingerprint density at radius 3 is 2.44 bits per heavy atom. The largest absolute Gasteiger partial charge is 0.349 e. The van der Waals surface area contributed by atoms with Crippen LogP contribution in [-0.4, -0.2) is 53.9 Å². The molecule has 0 saturated carbocycles. The highest BCUT2D eigenvalue weighted by Gasteiger charge is 2.13. The third-order valence-corrected chi connectivity index (χ3v) is 3.94. The lowest BCUT2D eigenvalue weighted by Gasteiger charge is -2.11. The van der Waals surface area contributed by atoms with Gasteiger partial charge in [-0.05, 0) is 38.4 Å². The minimum absolute atomic E-state index is 0.170. The van der Waals surface area contributed by atoms with E-state index in [0.717, 1.165) is 11.9 Å². The van der Waals surface area contributed by atoms with Gasteiger partial charge in [-0.3, -0.25) is 14.6 Å². The predicted molar refractivity (Wildman–Crippen MR) is 105 cm³/mol. The maximum atomic E-state index is 12.6. The number of hydrogen-bond donors (Lipinski definition) is 2. The summed E-state index contributed by atoms with van der Waals surface area (Å²) < 4.78 is 0. The summed E-state index contributed by atoms with van der Waals surface area (Å²) in [4.78, 5) is 35.3. The number of fused-ring (bicyclic) bond motifs is 1. The monoisotopic (exact) mass is 363 g/mol. The number of para-hydroxylation sites is 1. The topological polar surface area (TPSA) is 87.2 Å². The minimum Gasteiger partial charge on any atom is -0.349 e. The molecule has 0 radical (unpaired) electrons. The SMILES string of the molecule is CN(C)CCNC(=O)c1cccc(C(=O)Nc2cccc3cccnc23)n1. The molecule has 2 N–H and O–H groups in total. The summed E-state index contributed by atoms with van der Waals surface area (Å²) >= 11 is 0. The van der Waals surface area contributed by atoms with Crippen LogP contribution in [0.2, 0.25) is 0 Å². The zero-order valence-electron chi connectivity index (χ0n) is 15.3. The summed E-state index contributed by atoms with van der Waals surface area (Å²) in [5.74, 6) is -0.700. The second kappa shape index (κ2) is 8.37. The minimum atomic E-state index is -0.393. The number of pyridine rings is 2. The van der Waals surface area contributed by atoms with E-state index in [2.05, 4.69) is 20.6 Å². The molecule has 0 atom stereocenters. The van der Waals surface area contributed by atoms with Crippen LogP contribution in [0.4, 0.5) is 5.69 Å². The fourth-order valence-electron chi connectivity index (χ4n) is 2.56. The molecule has 0 saturated heterocycles. The lowest BCUT2D eigenvalue weighted by molar-refractivity contribution is 0.0946. The number of rotatable bonds is 6. The van der Waals surface area contributed by atoms with E-state index in [9.17, 15) is 9.59 Å². The van der Waals surface area contributed by atoms with Crippen LogP contribution in [0.25, 0.3) is 10.9 Å². The molecular formula is C20H21N5O2. The van der Waals surface area contributed by atoms with Crippen LogP contribution in [0.15, 0.2) is 54.7 Å². The molecule has 0 spiro atoms. The first kappa shape index (κ1) is 18.5. The van der Waals surface area contributed by atoms with Crippen molar-refractivity contribution >= 4 is 28.4 Å². The van der Waals surface area contributed by atoms with Gasteiger partial charge >= 0.3 is 0 Å². The molecule has 7 heteroatoms. The summed E-state index contributed by atoms with van der Waals surface area (Å²) in [6, 6.07) is 14.1. The van der Waals surface area contributed by atoms with Crippen LogP contribution in [0, 0.1) is 0 Å². The molecule has 27 heavy (non-hydrogen) atoms. The smallest absolute Gasteiger partial charge is 0.274 e. The number of anilines is 1. The van der Waals surface area contributed by atoms with Gasteiger partial charge in [-0.25, -0.2) is 4.98 Å². The van der Waals surface area contributed by atoms with Gasteiger partial charge in [0.1, 0.15) is 11.4 Å². The van der Waals surface area contributed by atoms with Crippen molar-refractivity contribution < 1.29 is 9.59 Å². The van der Waals surface area contributed by atoms with Crippen LogP contribution in [-0.2, 0) is 0 Å². The molecule has 7 nitrogen and oxygen atoms in total. The maximum absolute atomic E-state index is 12.6. The summed E-state index contributed by atoms with van der Waals surface area (Å²) in [6.07, 6.45) is 1.68. The van der Waals surface area contributed by atoms with E-state index in [1.807, 2.05) is 43.3 Å². The lowest BCUT2D eigenvalue weighted by Crippen LogP contribution is -2.32. The van der Waals surface area contributed by atoms with E-state index in [0.29, 0.717) is 17.7 Å². The number of amides is 2. The Labute approximate surface area is 157 Å². The molecule has 1 aromatic carbocycles. The molecule has 0 aliphatic heterocycles. The number of carbonyl (C=O) groups excluding carboxylic acids is 2. The second-order valence-electron chi connectivity index (χ2n) is 6.30. The molecule has 0 unspecified atom stereocenters. The van der Waals surface area contributed by atoms with E-state index in [4.69, 9.17) is 0 Å². The summed E-state index contributed by atoms with van der Waals surface area (Å²) in [5, 5.41) is 6.54.